The Morgan fingerprint density at radius 3 is 2.50 bits per heavy atom. The number of hydrogen-bond donors (Lipinski definition) is 0. The fourth-order valence-corrected chi connectivity index (χ4v) is 0.356. The summed E-state index contributed by atoms with van der Waals surface area (Å²) in [7, 11) is 0. The summed E-state index contributed by atoms with van der Waals surface area (Å²) in [5.74, 6) is 0. The molecule has 0 aliphatic heterocycles. The van der Waals surface area contributed by atoms with Crippen molar-refractivity contribution >= 4 is 11.9 Å². The molecule has 0 amide bonds. The molecule has 2 nitrogen and oxygen atoms in total. The summed E-state index contributed by atoms with van der Waals surface area (Å²) in [4.78, 5) is 0. The zero-order chi connectivity index (χ0) is 7.98. The lowest BCUT2D eigenvalue weighted by molar-refractivity contribution is 1.24. The molecule has 0 N–H and O–H groups in total. The van der Waals surface area contributed by atoms with Crippen LogP contribution in [0.4, 0.5) is 0 Å². The van der Waals surface area contributed by atoms with E-state index in [4.69, 9.17) is 0 Å². The molecule has 0 saturated carbocycles. The van der Waals surface area contributed by atoms with Gasteiger partial charge in [0, 0.05) is 6.21 Å². The van der Waals surface area contributed by atoms with Gasteiger partial charge in [0.25, 0.3) is 0 Å². The van der Waals surface area contributed by atoms with Gasteiger partial charge >= 0.3 is 0 Å². The molecule has 0 heterocycles. The molecule has 0 aromatic carbocycles. The van der Waals surface area contributed by atoms with Gasteiger partial charge in [-0.25, -0.2) is 0 Å². The first-order valence-electron chi connectivity index (χ1n) is 3.06. The molecule has 0 bridgehead atoms. The molecule has 0 spiro atoms. The predicted octanol–water partition coefficient (Wildman–Crippen LogP) is 2.20. The molecular formula is C8H12N2. The second-order valence-electron chi connectivity index (χ2n) is 1.79. The number of nitrogens with zero attached hydrogens (tertiary/aromatic N) is 2. The molecular weight excluding hydrogens is 124 g/mol. The molecule has 54 valence electrons. The van der Waals surface area contributed by atoms with Crippen LogP contribution in [-0.2, 0) is 0 Å². The average molecular weight is 136 g/mol. The van der Waals surface area contributed by atoms with Crippen LogP contribution in [0.1, 0.15) is 13.8 Å². The van der Waals surface area contributed by atoms with Crippen LogP contribution in [0.15, 0.2) is 35.0 Å². The molecule has 0 fully saturated rings. The highest BCUT2D eigenvalue weighted by atomic mass is 15.2. The third kappa shape index (κ3) is 2.97. The van der Waals surface area contributed by atoms with Gasteiger partial charge in [0.1, 0.15) is 0 Å². The molecule has 0 atom stereocenters. The van der Waals surface area contributed by atoms with E-state index < -0.39 is 0 Å². The summed E-state index contributed by atoms with van der Waals surface area (Å²) in [6, 6.07) is 0. The zero-order valence-electron chi connectivity index (χ0n) is 6.46. The van der Waals surface area contributed by atoms with Gasteiger partial charge in [-0.1, -0.05) is 19.2 Å². The van der Waals surface area contributed by atoms with Crippen LogP contribution in [0.3, 0.4) is 0 Å². The Hall–Kier alpha value is -1.18. The van der Waals surface area contributed by atoms with Gasteiger partial charge < -0.3 is 0 Å². The molecule has 2 heteroatoms. The van der Waals surface area contributed by atoms with E-state index in [2.05, 4.69) is 23.4 Å². The SMILES string of the molecule is C=CC(=C)/C(C)=N/N=C\C. The highest BCUT2D eigenvalue weighted by molar-refractivity contribution is 5.99. The lowest BCUT2D eigenvalue weighted by Gasteiger charge is -1.92. The van der Waals surface area contributed by atoms with Crippen LogP contribution in [-0.4, -0.2) is 11.9 Å². The molecule has 0 aromatic heterocycles. The van der Waals surface area contributed by atoms with Gasteiger partial charge in [0.15, 0.2) is 0 Å². The van der Waals surface area contributed by atoms with Gasteiger partial charge in [0.2, 0.25) is 0 Å². The number of allylic oxidation sites excluding steroid dienone is 2. The Morgan fingerprint density at radius 1 is 1.50 bits per heavy atom. The Balaban J connectivity index is 4.18. The zero-order valence-corrected chi connectivity index (χ0v) is 6.46. The lowest BCUT2D eigenvalue weighted by atomic mass is 10.2. The van der Waals surface area contributed by atoms with Gasteiger partial charge in [-0.3, -0.25) is 0 Å². The van der Waals surface area contributed by atoms with Crippen LogP contribution in [0.25, 0.3) is 0 Å². The van der Waals surface area contributed by atoms with Gasteiger partial charge in [0.05, 0.1) is 5.71 Å². The Kier molecular flexibility index (Phi) is 4.12. The van der Waals surface area contributed by atoms with Crippen LogP contribution in [0.2, 0.25) is 0 Å². The Morgan fingerprint density at radius 2 is 2.10 bits per heavy atom. The highest BCUT2D eigenvalue weighted by Gasteiger charge is 1.89. The summed E-state index contributed by atoms with van der Waals surface area (Å²) < 4.78 is 0. The average Bonchev–Trinajstić information content (AvgIpc) is 1.98. The van der Waals surface area contributed by atoms with E-state index in [-0.39, 0.29) is 0 Å². The van der Waals surface area contributed by atoms with E-state index in [1.807, 2.05) is 13.8 Å². The predicted molar refractivity (Wildman–Crippen MR) is 46.6 cm³/mol. The van der Waals surface area contributed by atoms with Crippen molar-refractivity contribution in [3.63, 3.8) is 0 Å². The topological polar surface area (TPSA) is 24.7 Å². The smallest absolute Gasteiger partial charge is 0.0665 e. The third-order valence-corrected chi connectivity index (χ3v) is 1.03. The largest absolute Gasteiger partial charge is 0.164 e. The maximum absolute atomic E-state index is 3.83. The van der Waals surface area contributed by atoms with Gasteiger partial charge in [-0.15, -0.1) is 0 Å². The normalized spacial score (nSPS) is 12.0. The molecule has 0 unspecified atom stereocenters. The summed E-state index contributed by atoms with van der Waals surface area (Å²) in [5, 5.41) is 7.52. The summed E-state index contributed by atoms with van der Waals surface area (Å²) in [6.07, 6.45) is 3.28. The van der Waals surface area contributed by atoms with Gasteiger partial charge in [-0.2, -0.15) is 10.2 Å². The van der Waals surface area contributed by atoms with Crippen molar-refractivity contribution in [3.8, 4) is 0 Å². The second kappa shape index (κ2) is 4.68. The molecule has 0 radical (unpaired) electrons. The fraction of sp³-hybridized carbons (Fsp3) is 0.250. The third-order valence-electron chi connectivity index (χ3n) is 1.03. The molecule has 0 aliphatic carbocycles. The van der Waals surface area contributed by atoms with Crippen molar-refractivity contribution in [3.05, 3.63) is 24.8 Å². The monoisotopic (exact) mass is 136 g/mol. The molecule has 0 saturated heterocycles. The minimum atomic E-state index is 0.799. The van der Waals surface area contributed by atoms with Crippen molar-refractivity contribution in [2.45, 2.75) is 13.8 Å². The van der Waals surface area contributed by atoms with Crippen LogP contribution >= 0.6 is 0 Å². The molecule has 0 rings (SSSR count). The summed E-state index contributed by atoms with van der Waals surface area (Å²) >= 11 is 0. The number of hydrogen-bond acceptors (Lipinski definition) is 2. The van der Waals surface area contributed by atoms with Crippen LogP contribution in [0.5, 0.6) is 0 Å². The summed E-state index contributed by atoms with van der Waals surface area (Å²) in [5.41, 5.74) is 1.61. The first kappa shape index (κ1) is 8.82. The lowest BCUT2D eigenvalue weighted by Crippen LogP contribution is -1.90. The van der Waals surface area contributed by atoms with Crippen molar-refractivity contribution in [1.82, 2.24) is 0 Å². The highest BCUT2D eigenvalue weighted by Crippen LogP contribution is 1.94. The molecule has 0 aromatic rings. The van der Waals surface area contributed by atoms with Crippen LogP contribution < -0.4 is 0 Å². The number of rotatable bonds is 3. The minimum absolute atomic E-state index is 0.799. The van der Waals surface area contributed by atoms with E-state index in [9.17, 15) is 0 Å². The standard InChI is InChI=1S/C8H12N2/c1-5-7(3)8(4)10-9-6-2/h5-6H,1,3H2,2,4H3/b9-6-,10-8+. The first-order chi connectivity index (χ1) is 4.72. The maximum atomic E-state index is 3.83. The van der Waals surface area contributed by atoms with E-state index in [0.29, 0.717) is 0 Å². The maximum Gasteiger partial charge on any atom is 0.0665 e. The van der Waals surface area contributed by atoms with E-state index in [1.54, 1.807) is 12.3 Å². The van der Waals surface area contributed by atoms with Crippen molar-refractivity contribution < 1.29 is 0 Å². The fourth-order valence-electron chi connectivity index (χ4n) is 0.356. The van der Waals surface area contributed by atoms with Gasteiger partial charge in [-0.05, 0) is 19.4 Å². The second-order valence-corrected chi connectivity index (χ2v) is 1.79. The first-order valence-corrected chi connectivity index (χ1v) is 3.06. The molecule has 10 heavy (non-hydrogen) atoms. The van der Waals surface area contributed by atoms with Crippen LogP contribution in [0, 0.1) is 0 Å². The molecule has 0 aliphatic rings. The van der Waals surface area contributed by atoms with Crippen molar-refractivity contribution in [2.75, 3.05) is 0 Å². The summed E-state index contributed by atoms with van der Waals surface area (Å²) in [6.45, 7) is 10.9. The van der Waals surface area contributed by atoms with E-state index in [0.717, 1.165) is 11.3 Å². The Bertz CT molecular complexity index is 187. The van der Waals surface area contributed by atoms with E-state index in [1.165, 1.54) is 0 Å². The quantitative estimate of drug-likeness (QED) is 0.323. The van der Waals surface area contributed by atoms with Crippen molar-refractivity contribution in [1.29, 1.82) is 0 Å². The van der Waals surface area contributed by atoms with E-state index >= 15 is 0 Å². The Labute approximate surface area is 61.7 Å². The van der Waals surface area contributed by atoms with Crippen molar-refractivity contribution in [2.24, 2.45) is 10.2 Å². The minimum Gasteiger partial charge on any atom is -0.164 e.